The predicted octanol–water partition coefficient (Wildman–Crippen LogP) is 1.40. The first kappa shape index (κ1) is 17.6. The molecule has 1 aliphatic heterocycles. The Morgan fingerprint density at radius 2 is 2.20 bits per heavy atom. The number of rotatable bonds is 5. The number of nitrogens with one attached hydrogen (secondary N) is 2. The van der Waals surface area contributed by atoms with E-state index in [2.05, 4.69) is 25.7 Å². The lowest BCUT2D eigenvalue weighted by molar-refractivity contribution is -0.118. The highest BCUT2D eigenvalue weighted by Crippen LogP contribution is 2.31. The van der Waals surface area contributed by atoms with E-state index in [1.165, 1.54) is 11.3 Å². The van der Waals surface area contributed by atoms with Gasteiger partial charge < -0.3 is 9.88 Å². The number of anilines is 1. The Kier molecular flexibility index (Phi) is 5.44. The first-order chi connectivity index (χ1) is 12.1. The topological polar surface area (TPSA) is 92.2 Å². The SMILES string of the molecule is CNC(=O)c1ccc(C2CCCCN2CC(=O)Nc2nncs2)n1C. The quantitative estimate of drug-likeness (QED) is 0.839. The zero-order valence-corrected chi connectivity index (χ0v) is 15.2. The molecule has 8 nitrogen and oxygen atoms in total. The Morgan fingerprint density at radius 3 is 2.92 bits per heavy atom. The second-order valence-electron chi connectivity index (χ2n) is 6.06. The molecule has 0 aromatic carbocycles. The summed E-state index contributed by atoms with van der Waals surface area (Å²) in [7, 11) is 3.52. The molecule has 2 aromatic heterocycles. The molecule has 0 radical (unpaired) electrons. The van der Waals surface area contributed by atoms with Crippen LogP contribution in [-0.4, -0.2) is 51.6 Å². The van der Waals surface area contributed by atoms with E-state index < -0.39 is 0 Å². The summed E-state index contributed by atoms with van der Waals surface area (Å²) in [5.74, 6) is -0.200. The van der Waals surface area contributed by atoms with Crippen molar-refractivity contribution in [1.82, 2.24) is 25.0 Å². The second-order valence-corrected chi connectivity index (χ2v) is 6.89. The van der Waals surface area contributed by atoms with Gasteiger partial charge in [0.05, 0.1) is 12.6 Å². The van der Waals surface area contributed by atoms with Crippen LogP contribution in [0.15, 0.2) is 17.6 Å². The summed E-state index contributed by atoms with van der Waals surface area (Å²) < 4.78 is 1.92. The van der Waals surface area contributed by atoms with E-state index in [0.29, 0.717) is 17.4 Å². The van der Waals surface area contributed by atoms with Crippen LogP contribution in [0.2, 0.25) is 0 Å². The van der Waals surface area contributed by atoms with E-state index in [1.54, 1.807) is 12.6 Å². The molecule has 3 heterocycles. The van der Waals surface area contributed by atoms with Crippen LogP contribution in [-0.2, 0) is 11.8 Å². The molecule has 1 atom stereocenters. The fraction of sp³-hybridized carbons (Fsp3) is 0.500. The van der Waals surface area contributed by atoms with Crippen molar-refractivity contribution < 1.29 is 9.59 Å². The van der Waals surface area contributed by atoms with Crippen LogP contribution < -0.4 is 10.6 Å². The smallest absolute Gasteiger partial charge is 0.267 e. The molecule has 25 heavy (non-hydrogen) atoms. The Balaban J connectivity index is 1.74. The van der Waals surface area contributed by atoms with E-state index in [1.807, 2.05) is 23.7 Å². The van der Waals surface area contributed by atoms with E-state index in [4.69, 9.17) is 0 Å². The highest BCUT2D eigenvalue weighted by molar-refractivity contribution is 7.13. The normalized spacial score (nSPS) is 18.1. The lowest BCUT2D eigenvalue weighted by Crippen LogP contribution is -2.40. The Labute approximate surface area is 150 Å². The third-order valence-electron chi connectivity index (χ3n) is 4.53. The van der Waals surface area contributed by atoms with Gasteiger partial charge in [0.15, 0.2) is 0 Å². The Morgan fingerprint density at radius 1 is 1.36 bits per heavy atom. The van der Waals surface area contributed by atoms with Crippen LogP contribution >= 0.6 is 11.3 Å². The molecule has 0 spiro atoms. The average Bonchev–Trinajstić information content (AvgIpc) is 3.24. The highest BCUT2D eigenvalue weighted by Gasteiger charge is 2.28. The number of hydrogen-bond donors (Lipinski definition) is 2. The van der Waals surface area contributed by atoms with E-state index in [0.717, 1.165) is 31.5 Å². The number of piperidine rings is 1. The molecular formula is C16H22N6O2S. The number of likely N-dealkylation sites (tertiary alicyclic amines) is 1. The van der Waals surface area contributed by atoms with Gasteiger partial charge in [-0.1, -0.05) is 17.8 Å². The van der Waals surface area contributed by atoms with Gasteiger partial charge >= 0.3 is 0 Å². The number of amides is 2. The van der Waals surface area contributed by atoms with Gasteiger partial charge in [-0.05, 0) is 31.5 Å². The minimum atomic E-state index is -0.106. The van der Waals surface area contributed by atoms with Crippen molar-refractivity contribution in [3.05, 3.63) is 29.0 Å². The van der Waals surface area contributed by atoms with Crippen molar-refractivity contribution in [2.24, 2.45) is 7.05 Å². The van der Waals surface area contributed by atoms with Crippen molar-refractivity contribution in [2.45, 2.75) is 25.3 Å². The Bertz CT molecular complexity index is 742. The summed E-state index contributed by atoms with van der Waals surface area (Å²) in [4.78, 5) is 26.4. The molecule has 1 saturated heterocycles. The summed E-state index contributed by atoms with van der Waals surface area (Å²) in [6.07, 6.45) is 3.14. The maximum Gasteiger partial charge on any atom is 0.267 e. The largest absolute Gasteiger partial charge is 0.354 e. The molecule has 0 aliphatic carbocycles. The van der Waals surface area contributed by atoms with Crippen molar-refractivity contribution in [3.8, 4) is 0 Å². The number of hydrogen-bond acceptors (Lipinski definition) is 6. The monoisotopic (exact) mass is 362 g/mol. The van der Waals surface area contributed by atoms with Gasteiger partial charge in [0.2, 0.25) is 11.0 Å². The lowest BCUT2D eigenvalue weighted by Gasteiger charge is -2.35. The first-order valence-electron chi connectivity index (χ1n) is 8.28. The third kappa shape index (κ3) is 3.88. The van der Waals surface area contributed by atoms with Gasteiger partial charge in [-0.2, -0.15) is 0 Å². The summed E-state index contributed by atoms with van der Waals surface area (Å²) in [5.41, 5.74) is 3.27. The Hall–Kier alpha value is -2.26. The van der Waals surface area contributed by atoms with Crippen LogP contribution in [0.4, 0.5) is 5.13 Å². The zero-order chi connectivity index (χ0) is 17.8. The van der Waals surface area contributed by atoms with Crippen LogP contribution in [0.5, 0.6) is 0 Å². The standard InChI is InChI=1S/C16H22N6O2S/c1-17-15(24)13-7-6-11(21(13)2)12-5-3-4-8-22(12)9-14(23)19-16-20-18-10-25-16/h6-7,10,12H,3-5,8-9H2,1-2H3,(H,17,24)(H,19,20,23). The minimum absolute atomic E-state index is 0.0932. The summed E-state index contributed by atoms with van der Waals surface area (Å²) >= 11 is 1.30. The number of carbonyl (C=O) groups excluding carboxylic acids is 2. The van der Waals surface area contributed by atoms with Crippen molar-refractivity contribution in [3.63, 3.8) is 0 Å². The van der Waals surface area contributed by atoms with Crippen LogP contribution in [0.1, 0.15) is 41.5 Å². The maximum atomic E-state index is 12.3. The van der Waals surface area contributed by atoms with E-state index in [9.17, 15) is 9.59 Å². The van der Waals surface area contributed by atoms with Gasteiger partial charge in [0.25, 0.3) is 5.91 Å². The molecule has 1 fully saturated rings. The molecule has 1 unspecified atom stereocenters. The van der Waals surface area contributed by atoms with Gasteiger partial charge in [-0.15, -0.1) is 10.2 Å². The van der Waals surface area contributed by atoms with Gasteiger partial charge in [-0.25, -0.2) is 0 Å². The lowest BCUT2D eigenvalue weighted by atomic mass is 9.99. The number of carbonyl (C=O) groups is 2. The van der Waals surface area contributed by atoms with Crippen molar-refractivity contribution >= 4 is 28.3 Å². The van der Waals surface area contributed by atoms with Crippen molar-refractivity contribution in [1.29, 1.82) is 0 Å². The second kappa shape index (κ2) is 7.75. The van der Waals surface area contributed by atoms with Crippen LogP contribution in [0.25, 0.3) is 0 Å². The fourth-order valence-corrected chi connectivity index (χ4v) is 3.76. The van der Waals surface area contributed by atoms with Gasteiger partial charge in [0, 0.05) is 19.8 Å². The molecule has 1 aliphatic rings. The van der Waals surface area contributed by atoms with Crippen LogP contribution in [0, 0.1) is 0 Å². The number of aromatic nitrogens is 3. The molecule has 2 N–H and O–H groups in total. The molecule has 9 heteroatoms. The zero-order valence-electron chi connectivity index (χ0n) is 14.4. The highest BCUT2D eigenvalue weighted by atomic mass is 32.1. The van der Waals surface area contributed by atoms with Gasteiger partial charge in [0.1, 0.15) is 11.2 Å². The van der Waals surface area contributed by atoms with Crippen LogP contribution in [0.3, 0.4) is 0 Å². The van der Waals surface area contributed by atoms with E-state index >= 15 is 0 Å². The third-order valence-corrected chi connectivity index (χ3v) is 5.14. The predicted molar refractivity (Wildman–Crippen MR) is 95.5 cm³/mol. The molecular weight excluding hydrogens is 340 g/mol. The first-order valence-corrected chi connectivity index (χ1v) is 9.16. The number of nitrogens with zero attached hydrogens (tertiary/aromatic N) is 4. The molecule has 134 valence electrons. The molecule has 2 amide bonds. The van der Waals surface area contributed by atoms with Gasteiger partial charge in [-0.3, -0.25) is 19.8 Å². The minimum Gasteiger partial charge on any atom is -0.354 e. The molecule has 2 aromatic rings. The molecule has 0 bridgehead atoms. The summed E-state index contributed by atoms with van der Waals surface area (Å²) in [6.45, 7) is 1.15. The van der Waals surface area contributed by atoms with Crippen molar-refractivity contribution in [2.75, 3.05) is 25.5 Å². The average molecular weight is 362 g/mol. The maximum absolute atomic E-state index is 12.3. The fourth-order valence-electron chi connectivity index (χ4n) is 3.30. The van der Waals surface area contributed by atoms with E-state index in [-0.39, 0.29) is 17.9 Å². The summed E-state index contributed by atoms with van der Waals surface area (Å²) in [6, 6.07) is 3.94. The summed E-state index contributed by atoms with van der Waals surface area (Å²) in [5, 5.41) is 13.5. The molecule has 0 saturated carbocycles. The molecule has 3 rings (SSSR count).